The van der Waals surface area contributed by atoms with Crippen LogP contribution in [-0.2, 0) is 30.9 Å². The number of nitrogens with one attached hydrogen (secondary N) is 2. The Morgan fingerprint density at radius 2 is 0.898 bits per heavy atom. The maximum Gasteiger partial charge on any atom is 0.339 e. The van der Waals surface area contributed by atoms with Crippen LogP contribution >= 0.6 is 15.9 Å². The van der Waals surface area contributed by atoms with Crippen molar-refractivity contribution < 1.29 is 19.1 Å². The number of ether oxygens (including phenoxy) is 1. The minimum absolute atomic E-state index is 0.0492. The van der Waals surface area contributed by atoms with Gasteiger partial charge in [-0.1, -0.05) is 0 Å². The fraction of sp³-hybridized carbons (Fsp3) is 0.465. The minimum Gasteiger partial charge on any atom is -0.465 e. The summed E-state index contributed by atoms with van der Waals surface area (Å²) < 4.78 is 5.79. The lowest BCUT2D eigenvalue weighted by Crippen LogP contribution is -2.26. The third kappa shape index (κ3) is 20.1. The van der Waals surface area contributed by atoms with E-state index in [-0.39, 0.29) is 17.8 Å². The van der Waals surface area contributed by atoms with E-state index in [1.807, 2.05) is 136 Å². The summed E-state index contributed by atoms with van der Waals surface area (Å²) in [6.45, 7) is 13.6. The molecule has 0 spiro atoms. The van der Waals surface area contributed by atoms with Crippen LogP contribution in [0.25, 0.3) is 0 Å². The number of pyridine rings is 4. The van der Waals surface area contributed by atoms with Gasteiger partial charge in [-0.25, -0.2) is 9.78 Å². The number of carbonyl (C=O) groups excluding carboxylic acids is 3. The van der Waals surface area contributed by atoms with Crippen molar-refractivity contribution in [3.05, 3.63) is 110 Å². The molecule has 15 nitrogen and oxygen atoms in total. The van der Waals surface area contributed by atoms with Gasteiger partial charge < -0.3 is 40.7 Å². The Morgan fingerprint density at radius 3 is 1.31 bits per heavy atom. The maximum absolute atomic E-state index is 11.8. The Morgan fingerprint density at radius 1 is 0.559 bits per heavy atom. The summed E-state index contributed by atoms with van der Waals surface area (Å²) in [6, 6.07) is 14.7. The van der Waals surface area contributed by atoms with E-state index >= 15 is 0 Å². The number of nitrogens with zero attached hydrogens (tertiary/aromatic N) is 8. The lowest BCUT2D eigenvalue weighted by atomic mass is 10.1. The third-order valence-corrected chi connectivity index (χ3v) is 8.44. The molecule has 0 radical (unpaired) electrons. The van der Waals surface area contributed by atoms with Gasteiger partial charge in [-0.05, 0) is 155 Å². The Bertz CT molecular complexity index is 1860. The number of carbonyl (C=O) groups is 3. The first-order chi connectivity index (χ1) is 27.7. The molecule has 0 unspecified atom stereocenters. The summed E-state index contributed by atoms with van der Waals surface area (Å²) in [5.74, 6) is -0.0528. The van der Waals surface area contributed by atoms with Gasteiger partial charge in [0.25, 0.3) is 11.8 Å². The third-order valence-electron chi connectivity index (χ3n) is 7.71. The molecule has 324 valence electrons. The van der Waals surface area contributed by atoms with Gasteiger partial charge in [0.1, 0.15) is 5.82 Å². The van der Waals surface area contributed by atoms with Gasteiger partial charge in [0, 0.05) is 60.8 Å². The monoisotopic (exact) mass is 879 g/mol. The normalized spacial score (nSPS) is 10.6. The Labute approximate surface area is 360 Å². The fourth-order valence-electron chi connectivity index (χ4n) is 5.22. The van der Waals surface area contributed by atoms with E-state index in [1.54, 1.807) is 18.2 Å². The number of aryl methyl sites for hydroxylation is 3. The molecule has 2 amide bonds. The van der Waals surface area contributed by atoms with Gasteiger partial charge in [0.2, 0.25) is 0 Å². The number of aromatic nitrogens is 4. The van der Waals surface area contributed by atoms with E-state index in [2.05, 4.69) is 51.4 Å². The number of rotatable bonds is 13. The Balaban J connectivity index is 0.000000395. The molecule has 4 N–H and O–H groups in total. The van der Waals surface area contributed by atoms with Gasteiger partial charge in [-0.15, -0.1) is 0 Å². The number of nitrogens with two attached hydrogens (primary N) is 1. The first kappa shape index (κ1) is 52.1. The van der Waals surface area contributed by atoms with Gasteiger partial charge >= 0.3 is 5.97 Å². The summed E-state index contributed by atoms with van der Waals surface area (Å²) in [7, 11) is 17.1. The number of hydrogen-bond acceptors (Lipinski definition) is 13. The van der Waals surface area contributed by atoms with Gasteiger partial charge in [0.15, 0.2) is 0 Å². The van der Waals surface area contributed by atoms with Crippen molar-refractivity contribution in [1.29, 1.82) is 0 Å². The molecule has 0 bridgehead atoms. The number of methoxy groups -OCH3 is 1. The number of hydrogen-bond donors (Lipinski definition) is 3. The van der Waals surface area contributed by atoms with E-state index < -0.39 is 0 Å². The summed E-state index contributed by atoms with van der Waals surface area (Å²) in [6.07, 6.45) is 0. The van der Waals surface area contributed by atoms with E-state index in [9.17, 15) is 14.4 Å². The SMILES string of the molecule is CCNC(=O)c1ccc(C)nc1CN(C)C.CCNC(=O)c1ccc(N)nc1CN(C)C.COC(=O)c1ccc(C)nc1CN(C)C.Cc1ccc(Br)c(CN(C)C)n1. The second-order valence-electron chi connectivity index (χ2n) is 14.7. The highest BCUT2D eigenvalue weighted by molar-refractivity contribution is 9.10. The van der Waals surface area contributed by atoms with E-state index in [4.69, 9.17) is 10.5 Å². The standard InChI is InChI=1S/C12H19N3O.C11H18N4O.C11H16N2O2.C9H13BrN2/c1-5-13-12(16)10-7-6-9(2)14-11(10)8-15(3)4;1-4-13-11(16)8-5-6-10(12)14-9(8)7-15(2)3;1-8-5-6-9(11(14)15-4)10(12-8)7-13(2)3;1-7-4-5-8(10)9(11-7)6-12(2)3/h6-7H,5,8H2,1-4H3,(H,13,16);5-6H,4,7H2,1-3H3,(H2,12,14)(H,13,16);5-6H,7H2,1-4H3;4-5H,6H2,1-3H3. The predicted molar refractivity (Wildman–Crippen MR) is 240 cm³/mol. The van der Waals surface area contributed by atoms with Crippen LogP contribution in [0.2, 0.25) is 0 Å². The molecule has 59 heavy (non-hydrogen) atoms. The highest BCUT2D eigenvalue weighted by Crippen LogP contribution is 2.16. The molecule has 0 aromatic carbocycles. The van der Waals surface area contributed by atoms with Gasteiger partial charge in [-0.3, -0.25) is 24.5 Å². The molecule has 0 aliphatic heterocycles. The topological polar surface area (TPSA) is 175 Å². The van der Waals surface area contributed by atoms with Crippen molar-refractivity contribution in [3.8, 4) is 0 Å². The van der Waals surface area contributed by atoms with Crippen LogP contribution in [0.4, 0.5) is 5.82 Å². The minimum atomic E-state index is -0.334. The molecule has 0 fully saturated rings. The number of amides is 2. The highest BCUT2D eigenvalue weighted by Gasteiger charge is 2.15. The predicted octanol–water partition coefficient (Wildman–Crippen LogP) is 5.13. The van der Waals surface area contributed by atoms with Crippen LogP contribution in [0.5, 0.6) is 0 Å². The molecule has 0 saturated carbocycles. The lowest BCUT2D eigenvalue weighted by molar-refractivity contribution is 0.0597. The zero-order chi connectivity index (χ0) is 44.8. The quantitative estimate of drug-likeness (QED) is 0.151. The fourth-order valence-corrected chi connectivity index (χ4v) is 5.57. The Hall–Kier alpha value is -4.87. The first-order valence-electron chi connectivity index (χ1n) is 19.3. The zero-order valence-corrected chi connectivity index (χ0v) is 39.1. The first-order valence-corrected chi connectivity index (χ1v) is 20.1. The smallest absolute Gasteiger partial charge is 0.339 e. The van der Waals surface area contributed by atoms with Crippen molar-refractivity contribution in [2.24, 2.45) is 0 Å². The molecule has 0 saturated heterocycles. The molecule has 4 aromatic rings. The molecular weight excluding hydrogens is 814 g/mol. The van der Waals surface area contributed by atoms with Gasteiger partial charge in [-0.2, -0.15) is 0 Å². The van der Waals surface area contributed by atoms with Crippen molar-refractivity contribution in [3.63, 3.8) is 0 Å². The van der Waals surface area contributed by atoms with Crippen molar-refractivity contribution in [1.82, 2.24) is 50.2 Å². The van der Waals surface area contributed by atoms with Gasteiger partial charge in [0.05, 0.1) is 46.6 Å². The summed E-state index contributed by atoms with van der Waals surface area (Å²) in [4.78, 5) is 60.4. The second kappa shape index (κ2) is 27.0. The average Bonchev–Trinajstić information content (AvgIpc) is 3.13. The number of esters is 1. The largest absolute Gasteiger partial charge is 0.465 e. The lowest BCUT2D eigenvalue weighted by Gasteiger charge is -2.13. The Kier molecular flexibility index (Phi) is 23.9. The summed E-state index contributed by atoms with van der Waals surface area (Å²) >= 11 is 3.47. The molecular formula is C43H66BrN11O4. The van der Waals surface area contributed by atoms with Crippen LogP contribution in [-0.4, -0.2) is 134 Å². The number of halogens is 1. The molecule has 0 aliphatic rings. The maximum atomic E-state index is 11.8. The highest BCUT2D eigenvalue weighted by atomic mass is 79.9. The van der Waals surface area contributed by atoms with Crippen molar-refractivity contribution >= 4 is 39.5 Å². The summed E-state index contributed by atoms with van der Waals surface area (Å²) in [5.41, 5.74) is 13.7. The molecule has 16 heteroatoms. The average molecular weight is 881 g/mol. The van der Waals surface area contributed by atoms with Crippen LogP contribution in [0.15, 0.2) is 53.0 Å². The zero-order valence-electron chi connectivity index (χ0n) is 37.5. The van der Waals surface area contributed by atoms with Crippen molar-refractivity contribution in [2.75, 3.05) is 82.3 Å². The second-order valence-corrected chi connectivity index (χ2v) is 15.5. The molecule has 4 heterocycles. The van der Waals surface area contributed by atoms with Crippen LogP contribution in [0.3, 0.4) is 0 Å². The number of nitrogen functional groups attached to an aromatic ring is 1. The molecule has 4 aromatic heterocycles. The molecule has 0 aliphatic carbocycles. The van der Waals surface area contributed by atoms with Crippen LogP contribution < -0.4 is 16.4 Å². The van der Waals surface area contributed by atoms with E-state index in [0.29, 0.717) is 60.9 Å². The number of anilines is 1. The summed E-state index contributed by atoms with van der Waals surface area (Å²) in [5, 5.41) is 5.55. The van der Waals surface area contributed by atoms with E-state index in [1.165, 1.54) is 7.11 Å². The van der Waals surface area contributed by atoms with Crippen LogP contribution in [0.1, 0.15) is 84.8 Å². The molecule has 0 atom stereocenters. The molecule has 4 rings (SSSR count). The van der Waals surface area contributed by atoms with Crippen molar-refractivity contribution in [2.45, 2.75) is 60.8 Å². The van der Waals surface area contributed by atoms with E-state index in [0.717, 1.165) is 45.2 Å². The van der Waals surface area contributed by atoms with Crippen LogP contribution in [0, 0.1) is 20.8 Å².